The van der Waals surface area contributed by atoms with Crippen LogP contribution < -0.4 is 4.90 Å². The van der Waals surface area contributed by atoms with E-state index in [0.717, 1.165) is 17.1 Å². The van der Waals surface area contributed by atoms with E-state index < -0.39 is 0 Å². The quantitative estimate of drug-likeness (QED) is 0.926. The summed E-state index contributed by atoms with van der Waals surface area (Å²) in [5.41, 5.74) is 3.27. The fourth-order valence-electron chi connectivity index (χ4n) is 2.60. The minimum absolute atomic E-state index is 0.0190. The van der Waals surface area contributed by atoms with Gasteiger partial charge in [-0.3, -0.25) is 14.9 Å². The zero-order valence-corrected chi connectivity index (χ0v) is 13.6. The minimum atomic E-state index is -0.198. The normalized spacial score (nSPS) is 18.0. The van der Waals surface area contributed by atoms with Gasteiger partial charge in [0.05, 0.1) is 42.5 Å². The van der Waals surface area contributed by atoms with Gasteiger partial charge < -0.3 is 14.5 Å². The molecule has 1 atom stereocenters. The molecule has 1 aliphatic heterocycles. The van der Waals surface area contributed by atoms with Crippen molar-refractivity contribution in [2.75, 3.05) is 38.7 Å². The Morgan fingerprint density at radius 2 is 2.22 bits per heavy atom. The first-order valence-corrected chi connectivity index (χ1v) is 7.60. The highest BCUT2D eigenvalue weighted by Crippen LogP contribution is 2.23. The first-order chi connectivity index (χ1) is 11.1. The van der Waals surface area contributed by atoms with Gasteiger partial charge in [0, 0.05) is 26.3 Å². The number of aromatic nitrogens is 3. The number of aromatic amines is 1. The maximum atomic E-state index is 12.6. The van der Waals surface area contributed by atoms with E-state index in [1.54, 1.807) is 11.1 Å². The van der Waals surface area contributed by atoms with Crippen molar-refractivity contribution < 1.29 is 9.53 Å². The van der Waals surface area contributed by atoms with Gasteiger partial charge >= 0.3 is 0 Å². The summed E-state index contributed by atoms with van der Waals surface area (Å²) in [7, 11) is 3.95. The number of pyridine rings is 1. The number of aryl methyl sites for hydroxylation is 1. The minimum Gasteiger partial charge on any atom is -0.376 e. The molecule has 2 aromatic heterocycles. The van der Waals surface area contributed by atoms with Gasteiger partial charge in [0.25, 0.3) is 5.91 Å². The molecule has 7 heteroatoms. The van der Waals surface area contributed by atoms with Crippen molar-refractivity contribution in [1.29, 1.82) is 0 Å². The highest BCUT2D eigenvalue weighted by Gasteiger charge is 2.28. The maximum absolute atomic E-state index is 12.6. The van der Waals surface area contributed by atoms with Crippen molar-refractivity contribution in [1.82, 2.24) is 20.1 Å². The predicted octanol–water partition coefficient (Wildman–Crippen LogP) is 1.39. The lowest BCUT2D eigenvalue weighted by molar-refractivity contribution is -0.0247. The second-order valence-corrected chi connectivity index (χ2v) is 5.85. The summed E-state index contributed by atoms with van der Waals surface area (Å²) in [5, 5.41) is 6.72. The van der Waals surface area contributed by atoms with E-state index in [4.69, 9.17) is 4.74 Å². The van der Waals surface area contributed by atoms with Crippen molar-refractivity contribution in [3.05, 3.63) is 41.5 Å². The molecule has 122 valence electrons. The Labute approximate surface area is 135 Å². The van der Waals surface area contributed by atoms with E-state index >= 15 is 0 Å². The molecule has 0 aliphatic carbocycles. The molecule has 0 radical (unpaired) electrons. The first kappa shape index (κ1) is 15.5. The molecule has 3 rings (SSSR count). The Bertz CT molecular complexity index is 680. The molecular weight excluding hydrogens is 294 g/mol. The lowest BCUT2D eigenvalue weighted by Crippen LogP contribution is -2.42. The number of nitrogens with one attached hydrogen (secondary N) is 1. The maximum Gasteiger partial charge on any atom is 0.257 e. The number of H-pyrrole nitrogens is 1. The summed E-state index contributed by atoms with van der Waals surface area (Å²) in [5.74, 6) is -0.0190. The SMILES string of the molecule is Cc1[nH]ncc1C(=O)N1CCO[C@@H](c2ccc(N(C)C)cn2)C1. The molecule has 1 amide bonds. The standard InChI is InChI=1S/C16H21N5O2/c1-11-13(9-18-19-11)16(22)21-6-7-23-15(10-21)14-5-4-12(8-17-14)20(2)3/h4-5,8-9,15H,6-7,10H2,1-3H3,(H,18,19)/t15-/m1/s1. The number of carbonyl (C=O) groups is 1. The Kier molecular flexibility index (Phi) is 4.29. The largest absolute Gasteiger partial charge is 0.376 e. The molecular formula is C16H21N5O2. The van der Waals surface area contributed by atoms with Gasteiger partial charge in [-0.2, -0.15) is 5.10 Å². The summed E-state index contributed by atoms with van der Waals surface area (Å²) in [6, 6.07) is 3.96. The Balaban J connectivity index is 1.73. The summed E-state index contributed by atoms with van der Waals surface area (Å²) in [4.78, 5) is 20.9. The van der Waals surface area contributed by atoms with E-state index in [0.29, 0.717) is 25.3 Å². The molecule has 0 aromatic carbocycles. The van der Waals surface area contributed by atoms with Crippen molar-refractivity contribution in [2.45, 2.75) is 13.0 Å². The molecule has 2 aromatic rings. The van der Waals surface area contributed by atoms with E-state index in [-0.39, 0.29) is 12.0 Å². The average Bonchev–Trinajstić information content (AvgIpc) is 3.00. The molecule has 23 heavy (non-hydrogen) atoms. The highest BCUT2D eigenvalue weighted by molar-refractivity contribution is 5.95. The van der Waals surface area contributed by atoms with Crippen LogP contribution in [0.3, 0.4) is 0 Å². The fraction of sp³-hybridized carbons (Fsp3) is 0.438. The third-order valence-corrected chi connectivity index (χ3v) is 4.03. The lowest BCUT2D eigenvalue weighted by atomic mass is 10.1. The second kappa shape index (κ2) is 6.37. The van der Waals surface area contributed by atoms with Crippen LogP contribution in [0, 0.1) is 6.92 Å². The van der Waals surface area contributed by atoms with Crippen molar-refractivity contribution in [3.63, 3.8) is 0 Å². The molecule has 0 spiro atoms. The lowest BCUT2D eigenvalue weighted by Gasteiger charge is -2.32. The number of hydrogen-bond donors (Lipinski definition) is 1. The highest BCUT2D eigenvalue weighted by atomic mass is 16.5. The topological polar surface area (TPSA) is 74.3 Å². The van der Waals surface area contributed by atoms with Crippen molar-refractivity contribution in [3.8, 4) is 0 Å². The number of hydrogen-bond acceptors (Lipinski definition) is 5. The molecule has 0 saturated carbocycles. The smallest absolute Gasteiger partial charge is 0.257 e. The van der Waals surface area contributed by atoms with Gasteiger partial charge in [-0.25, -0.2) is 0 Å². The molecule has 0 unspecified atom stereocenters. The first-order valence-electron chi connectivity index (χ1n) is 7.60. The third kappa shape index (κ3) is 3.19. The van der Waals surface area contributed by atoms with E-state index in [2.05, 4.69) is 15.2 Å². The van der Waals surface area contributed by atoms with Crippen LogP contribution in [0.1, 0.15) is 27.8 Å². The van der Waals surface area contributed by atoms with Gasteiger partial charge in [-0.15, -0.1) is 0 Å². The van der Waals surface area contributed by atoms with Crippen LogP contribution in [0.15, 0.2) is 24.5 Å². The third-order valence-electron chi connectivity index (χ3n) is 4.03. The van der Waals surface area contributed by atoms with Crippen molar-refractivity contribution in [2.24, 2.45) is 0 Å². The number of ether oxygens (including phenoxy) is 1. The number of amides is 1. The molecule has 1 aliphatic rings. The molecule has 7 nitrogen and oxygen atoms in total. The number of rotatable bonds is 3. The Hall–Kier alpha value is -2.41. The second-order valence-electron chi connectivity index (χ2n) is 5.85. The average molecular weight is 315 g/mol. The van der Waals surface area contributed by atoms with Crippen LogP contribution in [0.4, 0.5) is 5.69 Å². The van der Waals surface area contributed by atoms with Crippen LogP contribution in [-0.2, 0) is 4.74 Å². The number of morpholine rings is 1. The fourth-order valence-corrected chi connectivity index (χ4v) is 2.60. The van der Waals surface area contributed by atoms with E-state index in [1.807, 2.05) is 44.2 Å². The predicted molar refractivity (Wildman–Crippen MR) is 86.5 cm³/mol. The van der Waals surface area contributed by atoms with Crippen LogP contribution >= 0.6 is 0 Å². The number of nitrogens with zero attached hydrogens (tertiary/aromatic N) is 4. The Morgan fingerprint density at radius 1 is 1.39 bits per heavy atom. The molecule has 3 heterocycles. The number of carbonyl (C=O) groups excluding carboxylic acids is 1. The summed E-state index contributed by atoms with van der Waals surface area (Å²) in [6.45, 7) is 3.43. The molecule has 0 bridgehead atoms. The molecule has 1 saturated heterocycles. The summed E-state index contributed by atoms with van der Waals surface area (Å²) >= 11 is 0. The van der Waals surface area contributed by atoms with E-state index in [1.165, 1.54) is 0 Å². The Morgan fingerprint density at radius 3 is 2.83 bits per heavy atom. The van der Waals surface area contributed by atoms with Crippen LogP contribution in [0.25, 0.3) is 0 Å². The zero-order chi connectivity index (χ0) is 16.4. The summed E-state index contributed by atoms with van der Waals surface area (Å²) < 4.78 is 5.80. The van der Waals surface area contributed by atoms with Gasteiger partial charge in [-0.1, -0.05) is 0 Å². The molecule has 1 N–H and O–H groups in total. The van der Waals surface area contributed by atoms with Gasteiger partial charge in [0.2, 0.25) is 0 Å². The van der Waals surface area contributed by atoms with Gasteiger partial charge in [0.1, 0.15) is 6.10 Å². The van der Waals surface area contributed by atoms with Gasteiger partial charge in [-0.05, 0) is 19.1 Å². The van der Waals surface area contributed by atoms with Gasteiger partial charge in [0.15, 0.2) is 0 Å². The van der Waals surface area contributed by atoms with E-state index in [9.17, 15) is 4.79 Å². The number of anilines is 1. The monoisotopic (exact) mass is 315 g/mol. The zero-order valence-electron chi connectivity index (χ0n) is 13.6. The van der Waals surface area contributed by atoms with Crippen LogP contribution in [-0.4, -0.2) is 59.8 Å². The van der Waals surface area contributed by atoms with Crippen molar-refractivity contribution >= 4 is 11.6 Å². The van der Waals surface area contributed by atoms with Crippen LogP contribution in [0.2, 0.25) is 0 Å². The summed E-state index contributed by atoms with van der Waals surface area (Å²) in [6.07, 6.45) is 3.20. The van der Waals surface area contributed by atoms with Crippen LogP contribution in [0.5, 0.6) is 0 Å². The molecule has 1 fully saturated rings.